The Bertz CT molecular complexity index is 594. The molecule has 0 aliphatic rings. The number of benzene rings is 1. The first-order valence-electron chi connectivity index (χ1n) is 6.34. The highest BCUT2D eigenvalue weighted by Crippen LogP contribution is 2.09. The monoisotopic (exact) mass is 366 g/mol. The van der Waals surface area contributed by atoms with Gasteiger partial charge in [-0.3, -0.25) is 20.4 Å². The number of nitrogens with one attached hydrogen (secondary N) is 2. The van der Waals surface area contributed by atoms with Crippen LogP contribution in [0.5, 0.6) is 0 Å². The van der Waals surface area contributed by atoms with Crippen LogP contribution in [0.3, 0.4) is 0 Å². The van der Waals surface area contributed by atoms with Gasteiger partial charge < -0.3 is 4.74 Å². The zero-order chi connectivity index (χ0) is 16.4. The normalized spacial score (nSPS) is 10.6. The van der Waals surface area contributed by atoms with Gasteiger partial charge in [0.1, 0.15) is 0 Å². The fourth-order valence-electron chi connectivity index (χ4n) is 1.27. The van der Waals surface area contributed by atoms with Crippen molar-refractivity contribution in [2.45, 2.75) is 6.92 Å². The molecule has 7 heteroatoms. The molecule has 0 atom stereocenters. The predicted molar refractivity (Wildman–Crippen MR) is 84.7 cm³/mol. The van der Waals surface area contributed by atoms with E-state index in [1.54, 1.807) is 43.3 Å². The van der Waals surface area contributed by atoms with Gasteiger partial charge in [-0.25, -0.2) is 4.79 Å². The van der Waals surface area contributed by atoms with Crippen LogP contribution in [-0.2, 0) is 14.3 Å². The van der Waals surface area contributed by atoms with Crippen LogP contribution < -0.4 is 10.9 Å². The van der Waals surface area contributed by atoms with Crippen LogP contribution in [0, 0.1) is 0 Å². The van der Waals surface area contributed by atoms with E-state index in [1.165, 1.54) is 12.2 Å². The molecule has 2 N–H and O–H groups in total. The van der Waals surface area contributed by atoms with E-state index < -0.39 is 24.4 Å². The van der Waals surface area contributed by atoms with E-state index in [4.69, 9.17) is 0 Å². The Morgan fingerprint density at radius 3 is 2.45 bits per heavy atom. The highest BCUT2D eigenvalue weighted by molar-refractivity contribution is 9.10. The average Bonchev–Trinajstić information content (AvgIpc) is 2.51. The standard InChI is InChI=1S/C15H15BrN2O4/c1-2-3-4-5-14(20)22-10-13(19)17-18-15(21)11-6-8-12(16)9-7-11/h2-9H,10H2,1H3,(H,17,19)(H,18,21)/b3-2+,5-4+. The third-order valence-electron chi connectivity index (χ3n) is 2.30. The van der Waals surface area contributed by atoms with E-state index in [-0.39, 0.29) is 0 Å². The summed E-state index contributed by atoms with van der Waals surface area (Å²) in [5.74, 6) is -1.76. The first-order chi connectivity index (χ1) is 10.5. The number of rotatable bonds is 5. The molecule has 0 bridgehead atoms. The Morgan fingerprint density at radius 2 is 1.82 bits per heavy atom. The van der Waals surface area contributed by atoms with Crippen LogP contribution in [0.25, 0.3) is 0 Å². The molecular weight excluding hydrogens is 352 g/mol. The van der Waals surface area contributed by atoms with Crippen LogP contribution in [-0.4, -0.2) is 24.4 Å². The first-order valence-corrected chi connectivity index (χ1v) is 7.13. The van der Waals surface area contributed by atoms with Crippen LogP contribution in [0.1, 0.15) is 17.3 Å². The number of allylic oxidation sites excluding steroid dienone is 3. The molecule has 6 nitrogen and oxygen atoms in total. The van der Waals surface area contributed by atoms with E-state index in [0.717, 1.165) is 4.47 Å². The summed E-state index contributed by atoms with van der Waals surface area (Å²) in [6.45, 7) is 1.32. The Morgan fingerprint density at radius 1 is 1.14 bits per heavy atom. The molecule has 0 spiro atoms. The van der Waals surface area contributed by atoms with E-state index in [0.29, 0.717) is 5.56 Å². The van der Waals surface area contributed by atoms with Gasteiger partial charge in [-0.05, 0) is 31.2 Å². The van der Waals surface area contributed by atoms with Gasteiger partial charge in [-0.15, -0.1) is 0 Å². The fraction of sp³-hybridized carbons (Fsp3) is 0.133. The predicted octanol–water partition coefficient (Wildman–Crippen LogP) is 1.89. The minimum absolute atomic E-state index is 0.384. The number of carbonyl (C=O) groups excluding carboxylic acids is 3. The van der Waals surface area contributed by atoms with Crippen molar-refractivity contribution in [3.63, 3.8) is 0 Å². The molecule has 0 aliphatic carbocycles. The van der Waals surface area contributed by atoms with E-state index in [1.807, 2.05) is 0 Å². The number of esters is 1. The van der Waals surface area contributed by atoms with Crippen molar-refractivity contribution in [2.24, 2.45) is 0 Å². The molecule has 0 aromatic heterocycles. The molecule has 0 saturated heterocycles. The summed E-state index contributed by atoms with van der Waals surface area (Å²) in [4.78, 5) is 34.3. The van der Waals surface area contributed by atoms with E-state index in [2.05, 4.69) is 31.5 Å². The van der Waals surface area contributed by atoms with Crippen molar-refractivity contribution in [3.8, 4) is 0 Å². The van der Waals surface area contributed by atoms with E-state index >= 15 is 0 Å². The van der Waals surface area contributed by atoms with Crippen molar-refractivity contribution >= 4 is 33.7 Å². The minimum atomic E-state index is -0.646. The second-order valence-corrected chi connectivity index (χ2v) is 4.92. The van der Waals surface area contributed by atoms with Crippen LogP contribution in [0.2, 0.25) is 0 Å². The summed E-state index contributed by atoms with van der Waals surface area (Å²) in [7, 11) is 0. The van der Waals surface area contributed by atoms with Crippen molar-refractivity contribution in [1.29, 1.82) is 0 Å². The Labute approximate surface area is 136 Å². The molecule has 0 fully saturated rings. The quantitative estimate of drug-likeness (QED) is 0.360. The fourth-order valence-corrected chi connectivity index (χ4v) is 1.53. The molecule has 1 aromatic rings. The molecule has 22 heavy (non-hydrogen) atoms. The van der Waals surface area contributed by atoms with Crippen LogP contribution in [0.4, 0.5) is 0 Å². The summed E-state index contributed by atoms with van der Waals surface area (Å²) in [6, 6.07) is 6.60. The SMILES string of the molecule is C/C=C/C=C/C(=O)OCC(=O)NNC(=O)c1ccc(Br)cc1. The van der Waals surface area contributed by atoms with Gasteiger partial charge in [-0.1, -0.05) is 34.2 Å². The minimum Gasteiger partial charge on any atom is -0.452 e. The lowest BCUT2D eigenvalue weighted by Crippen LogP contribution is -2.43. The number of ether oxygens (including phenoxy) is 1. The summed E-state index contributed by atoms with van der Waals surface area (Å²) < 4.78 is 5.51. The average molecular weight is 367 g/mol. The van der Waals surface area contributed by atoms with Gasteiger partial charge in [0.2, 0.25) is 0 Å². The number of amides is 2. The second kappa shape index (κ2) is 9.51. The second-order valence-electron chi connectivity index (χ2n) is 4.00. The van der Waals surface area contributed by atoms with Crippen molar-refractivity contribution in [1.82, 2.24) is 10.9 Å². The lowest BCUT2D eigenvalue weighted by atomic mass is 10.2. The van der Waals surface area contributed by atoms with Gasteiger partial charge >= 0.3 is 5.97 Å². The summed E-state index contributed by atoms with van der Waals surface area (Å²) >= 11 is 3.25. The van der Waals surface area contributed by atoms with Gasteiger partial charge in [0.05, 0.1) is 0 Å². The summed E-state index contributed by atoms with van der Waals surface area (Å²) in [6.07, 6.45) is 6.08. The molecular formula is C15H15BrN2O4. The highest BCUT2D eigenvalue weighted by Gasteiger charge is 2.08. The van der Waals surface area contributed by atoms with Crippen molar-refractivity contribution < 1.29 is 19.1 Å². The third-order valence-corrected chi connectivity index (χ3v) is 2.83. The largest absolute Gasteiger partial charge is 0.452 e. The molecule has 0 heterocycles. The Kier molecular flexibility index (Phi) is 7.63. The topological polar surface area (TPSA) is 84.5 Å². The van der Waals surface area contributed by atoms with Gasteiger partial charge in [0.25, 0.3) is 11.8 Å². The number of hydrogen-bond donors (Lipinski definition) is 2. The summed E-state index contributed by atoms with van der Waals surface area (Å²) in [5, 5.41) is 0. The highest BCUT2D eigenvalue weighted by atomic mass is 79.9. The Hall–Kier alpha value is -2.41. The molecule has 0 radical (unpaired) electrons. The lowest BCUT2D eigenvalue weighted by Gasteiger charge is -2.07. The maximum atomic E-state index is 11.7. The van der Waals surface area contributed by atoms with Crippen molar-refractivity contribution in [3.05, 3.63) is 58.6 Å². The number of halogens is 1. The first kappa shape index (κ1) is 17.6. The zero-order valence-electron chi connectivity index (χ0n) is 11.8. The molecule has 0 aliphatic heterocycles. The Balaban J connectivity index is 2.32. The van der Waals surface area contributed by atoms with Gasteiger partial charge in [0.15, 0.2) is 6.61 Å². The number of hydrazine groups is 1. The summed E-state index contributed by atoms with van der Waals surface area (Å²) in [5.41, 5.74) is 4.76. The lowest BCUT2D eigenvalue weighted by molar-refractivity contribution is -0.144. The number of carbonyl (C=O) groups is 3. The van der Waals surface area contributed by atoms with Gasteiger partial charge in [-0.2, -0.15) is 0 Å². The maximum Gasteiger partial charge on any atom is 0.331 e. The van der Waals surface area contributed by atoms with Crippen LogP contribution >= 0.6 is 15.9 Å². The molecule has 1 aromatic carbocycles. The smallest absolute Gasteiger partial charge is 0.331 e. The molecule has 0 saturated carbocycles. The van der Waals surface area contributed by atoms with Gasteiger partial charge in [0, 0.05) is 16.1 Å². The zero-order valence-corrected chi connectivity index (χ0v) is 13.4. The third kappa shape index (κ3) is 6.85. The van der Waals surface area contributed by atoms with Crippen LogP contribution in [0.15, 0.2) is 53.0 Å². The molecule has 2 amide bonds. The molecule has 1 rings (SSSR count). The van der Waals surface area contributed by atoms with E-state index in [9.17, 15) is 14.4 Å². The maximum absolute atomic E-state index is 11.7. The molecule has 116 valence electrons. The number of hydrogen-bond acceptors (Lipinski definition) is 4. The van der Waals surface area contributed by atoms with Crippen molar-refractivity contribution in [2.75, 3.05) is 6.61 Å². The molecule has 0 unspecified atom stereocenters.